The first-order chi connectivity index (χ1) is 10.0. The summed E-state index contributed by atoms with van der Waals surface area (Å²) in [6.07, 6.45) is 1.50. The first kappa shape index (κ1) is 14.2. The molecule has 2 heterocycles. The van der Waals surface area contributed by atoms with Crippen molar-refractivity contribution in [3.8, 4) is 0 Å². The molecule has 3 rings (SSSR count). The lowest BCUT2D eigenvalue weighted by Gasteiger charge is -2.02. The topological polar surface area (TPSA) is 61.4 Å². The van der Waals surface area contributed by atoms with E-state index in [1.54, 1.807) is 0 Å². The van der Waals surface area contributed by atoms with E-state index in [0.29, 0.717) is 17.6 Å². The lowest BCUT2D eigenvalue weighted by Crippen LogP contribution is -2.26. The Morgan fingerprint density at radius 2 is 2.29 bits per heavy atom. The summed E-state index contributed by atoms with van der Waals surface area (Å²) in [5.74, 6) is 0. The molecule has 0 N–H and O–H groups in total. The molecule has 3 aromatic rings. The van der Waals surface area contributed by atoms with Gasteiger partial charge in [-0.25, -0.2) is 4.98 Å². The van der Waals surface area contributed by atoms with Crippen molar-refractivity contribution in [1.82, 2.24) is 4.98 Å². The number of hydrogen-bond acceptors (Lipinski definition) is 5. The number of rotatable bonds is 3. The first-order valence-corrected chi connectivity index (χ1v) is 7.89. The van der Waals surface area contributed by atoms with Gasteiger partial charge in [0.15, 0.2) is 6.61 Å². The van der Waals surface area contributed by atoms with Crippen molar-refractivity contribution >= 4 is 54.1 Å². The van der Waals surface area contributed by atoms with Gasteiger partial charge in [0.2, 0.25) is 11.7 Å². The molecule has 1 aromatic carbocycles. The van der Waals surface area contributed by atoms with Crippen molar-refractivity contribution in [2.75, 3.05) is 0 Å². The van der Waals surface area contributed by atoms with Crippen molar-refractivity contribution in [1.29, 1.82) is 0 Å². The lowest BCUT2D eigenvalue weighted by atomic mass is 10.2. The average Bonchev–Trinajstić information content (AvgIpc) is 2.81. The standard InChI is InChI=1S/C14H12BrN3O2S/c1-8(2)17-20-7-13-16-11-6-18(19)12-5-9(15)3-4-10(12)14(11)21-13/h3-6H,7H2,1-2H3. The molecule has 2 aromatic heterocycles. The number of hydrogen-bond donors (Lipinski definition) is 0. The van der Waals surface area contributed by atoms with Crippen LogP contribution in [0.5, 0.6) is 0 Å². The molecule has 21 heavy (non-hydrogen) atoms. The van der Waals surface area contributed by atoms with Gasteiger partial charge >= 0.3 is 0 Å². The average molecular weight is 366 g/mol. The predicted molar refractivity (Wildman–Crippen MR) is 87.4 cm³/mol. The van der Waals surface area contributed by atoms with E-state index in [2.05, 4.69) is 26.1 Å². The van der Waals surface area contributed by atoms with E-state index in [1.165, 1.54) is 17.5 Å². The zero-order chi connectivity index (χ0) is 15.0. The number of thiazole rings is 1. The Kier molecular flexibility index (Phi) is 3.77. The summed E-state index contributed by atoms with van der Waals surface area (Å²) in [4.78, 5) is 9.65. The van der Waals surface area contributed by atoms with Crippen LogP contribution < -0.4 is 4.73 Å². The monoisotopic (exact) mass is 365 g/mol. The van der Waals surface area contributed by atoms with Crippen molar-refractivity contribution < 1.29 is 9.57 Å². The van der Waals surface area contributed by atoms with E-state index in [4.69, 9.17) is 4.84 Å². The highest BCUT2D eigenvalue weighted by molar-refractivity contribution is 9.10. The van der Waals surface area contributed by atoms with Crippen LogP contribution in [0.25, 0.3) is 21.1 Å². The smallest absolute Gasteiger partial charge is 0.226 e. The second-order valence-corrected chi connectivity index (χ2v) is 6.75. The minimum Gasteiger partial charge on any atom is -0.618 e. The molecule has 0 atom stereocenters. The van der Waals surface area contributed by atoms with Crippen LogP contribution in [0, 0.1) is 5.21 Å². The van der Waals surface area contributed by atoms with Gasteiger partial charge in [-0.3, -0.25) is 0 Å². The predicted octanol–water partition coefficient (Wildman–Crippen LogP) is 3.76. The molecule has 5 nitrogen and oxygen atoms in total. The number of benzene rings is 1. The molecule has 0 radical (unpaired) electrons. The summed E-state index contributed by atoms with van der Waals surface area (Å²) < 4.78 is 2.71. The van der Waals surface area contributed by atoms with Crippen molar-refractivity contribution in [2.45, 2.75) is 20.5 Å². The zero-order valence-corrected chi connectivity index (χ0v) is 13.9. The van der Waals surface area contributed by atoms with Crippen LogP contribution in [0.3, 0.4) is 0 Å². The fraction of sp³-hybridized carbons (Fsp3) is 0.214. The van der Waals surface area contributed by atoms with E-state index in [-0.39, 0.29) is 0 Å². The van der Waals surface area contributed by atoms with Gasteiger partial charge in [0.1, 0.15) is 10.5 Å². The first-order valence-electron chi connectivity index (χ1n) is 6.28. The number of aromatic nitrogens is 2. The van der Waals surface area contributed by atoms with Gasteiger partial charge in [0, 0.05) is 10.5 Å². The second-order valence-electron chi connectivity index (χ2n) is 4.75. The summed E-state index contributed by atoms with van der Waals surface area (Å²) in [5.41, 5.74) is 2.15. The molecular formula is C14H12BrN3O2S. The normalized spacial score (nSPS) is 11.0. The quantitative estimate of drug-likeness (QED) is 0.307. The highest BCUT2D eigenvalue weighted by Gasteiger charge is 2.15. The molecule has 0 aliphatic heterocycles. The summed E-state index contributed by atoms with van der Waals surface area (Å²) >= 11 is 4.90. The number of fused-ring (bicyclic) bond motifs is 3. The molecule has 108 valence electrons. The van der Waals surface area contributed by atoms with Gasteiger partial charge in [-0.2, -0.15) is 4.73 Å². The molecule has 0 aliphatic carbocycles. The number of nitrogens with zero attached hydrogens (tertiary/aromatic N) is 3. The van der Waals surface area contributed by atoms with Crippen LogP contribution in [-0.4, -0.2) is 10.7 Å². The van der Waals surface area contributed by atoms with Crippen LogP contribution in [0.1, 0.15) is 18.9 Å². The minimum atomic E-state index is 0.307. The van der Waals surface area contributed by atoms with Gasteiger partial charge in [0.25, 0.3) is 0 Å². The molecule has 0 saturated carbocycles. The lowest BCUT2D eigenvalue weighted by molar-refractivity contribution is -0.575. The molecule has 0 fully saturated rings. The van der Waals surface area contributed by atoms with E-state index in [0.717, 1.165) is 30.0 Å². The SMILES string of the molecule is CC(C)=NOCc1nc2c[n+]([O-])c3cc(Br)ccc3c2s1. The largest absolute Gasteiger partial charge is 0.618 e. The summed E-state index contributed by atoms with van der Waals surface area (Å²) in [7, 11) is 0. The molecule has 0 saturated heterocycles. The van der Waals surface area contributed by atoms with E-state index in [1.807, 2.05) is 32.0 Å². The van der Waals surface area contributed by atoms with Crippen LogP contribution in [-0.2, 0) is 11.4 Å². The third-order valence-electron chi connectivity index (χ3n) is 2.81. The number of halogens is 1. The Hall–Kier alpha value is -1.73. The Labute approximate surface area is 133 Å². The van der Waals surface area contributed by atoms with Crippen LogP contribution in [0.2, 0.25) is 0 Å². The van der Waals surface area contributed by atoms with Crippen LogP contribution in [0.4, 0.5) is 0 Å². The van der Waals surface area contributed by atoms with E-state index >= 15 is 0 Å². The third-order valence-corrected chi connectivity index (χ3v) is 4.39. The Morgan fingerprint density at radius 1 is 1.48 bits per heavy atom. The Bertz CT molecular complexity index is 856. The summed E-state index contributed by atoms with van der Waals surface area (Å²) in [5, 5.41) is 17.6. The van der Waals surface area contributed by atoms with Crippen LogP contribution >= 0.6 is 27.3 Å². The molecule has 0 aliphatic rings. The van der Waals surface area contributed by atoms with Crippen LogP contribution in [0.15, 0.2) is 34.0 Å². The Morgan fingerprint density at radius 3 is 3.05 bits per heavy atom. The zero-order valence-electron chi connectivity index (χ0n) is 11.5. The van der Waals surface area contributed by atoms with Gasteiger partial charge in [-0.1, -0.05) is 21.1 Å². The molecule has 0 bridgehead atoms. The fourth-order valence-corrected chi connectivity index (χ4v) is 3.32. The summed E-state index contributed by atoms with van der Waals surface area (Å²) in [6.45, 7) is 4.04. The maximum absolute atomic E-state index is 12.1. The highest BCUT2D eigenvalue weighted by atomic mass is 79.9. The number of oxime groups is 1. The van der Waals surface area contributed by atoms with Crippen molar-refractivity contribution in [3.63, 3.8) is 0 Å². The third kappa shape index (κ3) is 2.84. The van der Waals surface area contributed by atoms with Gasteiger partial charge in [-0.15, -0.1) is 11.3 Å². The minimum absolute atomic E-state index is 0.307. The van der Waals surface area contributed by atoms with E-state index in [9.17, 15) is 5.21 Å². The van der Waals surface area contributed by atoms with Crippen molar-refractivity contribution in [3.05, 3.63) is 39.1 Å². The maximum Gasteiger partial charge on any atom is 0.226 e. The Balaban J connectivity index is 2.08. The second kappa shape index (κ2) is 5.57. The van der Waals surface area contributed by atoms with E-state index < -0.39 is 0 Å². The highest BCUT2D eigenvalue weighted by Crippen LogP contribution is 2.30. The van der Waals surface area contributed by atoms with Crippen molar-refractivity contribution in [2.24, 2.45) is 5.16 Å². The molecule has 7 heteroatoms. The summed E-state index contributed by atoms with van der Waals surface area (Å²) in [6, 6.07) is 5.65. The molecule has 0 unspecified atom stereocenters. The molecular weight excluding hydrogens is 354 g/mol. The van der Waals surface area contributed by atoms with Gasteiger partial charge in [0.05, 0.1) is 15.8 Å². The number of pyridine rings is 1. The molecule has 0 spiro atoms. The van der Waals surface area contributed by atoms with Gasteiger partial charge < -0.3 is 10.0 Å². The molecule has 0 amide bonds. The fourth-order valence-electron chi connectivity index (χ4n) is 2.00. The van der Waals surface area contributed by atoms with Gasteiger partial charge in [-0.05, 0) is 26.0 Å². The maximum atomic E-state index is 12.1.